The molecule has 3 rings (SSSR count). The fourth-order valence-electron chi connectivity index (χ4n) is 2.97. The number of nitrogens with zero attached hydrogens (tertiary/aromatic N) is 1. The summed E-state index contributed by atoms with van der Waals surface area (Å²) in [6.07, 6.45) is 0. The minimum absolute atomic E-state index is 0.111. The van der Waals surface area contributed by atoms with Crippen LogP contribution in [0.1, 0.15) is 12.5 Å². The van der Waals surface area contributed by atoms with Crippen molar-refractivity contribution >= 4 is 5.91 Å². The Balaban J connectivity index is 1.72. The minimum atomic E-state index is -0.440. The molecular formula is C16H22N2O3. The van der Waals surface area contributed by atoms with E-state index in [2.05, 4.69) is 17.4 Å². The van der Waals surface area contributed by atoms with Crippen molar-refractivity contribution in [3.05, 3.63) is 35.9 Å². The van der Waals surface area contributed by atoms with Crippen LogP contribution >= 0.6 is 0 Å². The Bertz CT molecular complexity index is 488. The number of amides is 1. The molecule has 114 valence electrons. The summed E-state index contributed by atoms with van der Waals surface area (Å²) in [6, 6.07) is 9.87. The lowest BCUT2D eigenvalue weighted by molar-refractivity contribution is -0.154. The maximum Gasteiger partial charge on any atom is 0.242 e. The Kier molecular flexibility index (Phi) is 4.24. The van der Waals surface area contributed by atoms with Gasteiger partial charge in [0.1, 0.15) is 11.6 Å². The SMILES string of the molecule is C[C@]1(c2ccccc2)CN(C(=O)[C@@H]2COCCN2)CCO1. The average molecular weight is 290 g/mol. The highest BCUT2D eigenvalue weighted by atomic mass is 16.5. The summed E-state index contributed by atoms with van der Waals surface area (Å²) in [5.41, 5.74) is 0.667. The summed E-state index contributed by atoms with van der Waals surface area (Å²) in [5.74, 6) is 0.111. The van der Waals surface area contributed by atoms with Gasteiger partial charge >= 0.3 is 0 Å². The molecule has 1 aromatic carbocycles. The van der Waals surface area contributed by atoms with Gasteiger partial charge in [0, 0.05) is 13.1 Å². The maximum absolute atomic E-state index is 12.6. The molecule has 21 heavy (non-hydrogen) atoms. The molecule has 0 bridgehead atoms. The summed E-state index contributed by atoms with van der Waals surface area (Å²) in [6.45, 7) is 5.69. The molecule has 0 unspecified atom stereocenters. The third-order valence-corrected chi connectivity index (χ3v) is 4.19. The van der Waals surface area contributed by atoms with E-state index in [1.165, 1.54) is 0 Å². The number of hydrogen-bond donors (Lipinski definition) is 1. The van der Waals surface area contributed by atoms with Crippen LogP contribution in [0.25, 0.3) is 0 Å². The van der Waals surface area contributed by atoms with E-state index in [0.29, 0.717) is 32.9 Å². The summed E-state index contributed by atoms with van der Waals surface area (Å²) < 4.78 is 11.4. The predicted octanol–water partition coefficient (Wildman–Crippen LogP) is 0.749. The molecule has 2 aliphatic rings. The summed E-state index contributed by atoms with van der Waals surface area (Å²) >= 11 is 0. The van der Waals surface area contributed by atoms with Crippen LogP contribution in [0, 0.1) is 0 Å². The van der Waals surface area contributed by atoms with Crippen LogP contribution in [0.3, 0.4) is 0 Å². The van der Waals surface area contributed by atoms with Gasteiger partial charge in [0.15, 0.2) is 0 Å². The Morgan fingerprint density at radius 1 is 1.33 bits per heavy atom. The highest BCUT2D eigenvalue weighted by Gasteiger charge is 2.37. The lowest BCUT2D eigenvalue weighted by Crippen LogP contribution is -2.58. The molecule has 5 heteroatoms. The van der Waals surface area contributed by atoms with Crippen LogP contribution in [0.2, 0.25) is 0 Å². The van der Waals surface area contributed by atoms with E-state index in [0.717, 1.165) is 12.1 Å². The standard InChI is InChI=1S/C16H22N2O3/c1-16(13-5-3-2-4-6-13)12-18(8-10-21-16)15(19)14-11-20-9-7-17-14/h2-6,14,17H,7-12H2,1H3/t14-,16+/m0/s1. The van der Waals surface area contributed by atoms with E-state index in [-0.39, 0.29) is 11.9 Å². The van der Waals surface area contributed by atoms with Crippen molar-refractivity contribution in [2.45, 2.75) is 18.6 Å². The highest BCUT2D eigenvalue weighted by Crippen LogP contribution is 2.29. The van der Waals surface area contributed by atoms with Crippen LogP contribution in [0.4, 0.5) is 0 Å². The lowest BCUT2D eigenvalue weighted by atomic mass is 9.93. The monoisotopic (exact) mass is 290 g/mol. The molecule has 2 aliphatic heterocycles. The summed E-state index contributed by atoms with van der Waals surface area (Å²) in [4.78, 5) is 14.5. The molecule has 5 nitrogen and oxygen atoms in total. The van der Waals surface area contributed by atoms with Gasteiger partial charge in [-0.1, -0.05) is 30.3 Å². The van der Waals surface area contributed by atoms with Crippen molar-refractivity contribution in [2.24, 2.45) is 0 Å². The molecule has 0 saturated carbocycles. The molecule has 2 atom stereocenters. The molecule has 0 radical (unpaired) electrons. The smallest absolute Gasteiger partial charge is 0.242 e. The minimum Gasteiger partial charge on any atom is -0.378 e. The third kappa shape index (κ3) is 3.10. The quantitative estimate of drug-likeness (QED) is 0.873. The Labute approximate surface area is 125 Å². The molecule has 0 aromatic heterocycles. The largest absolute Gasteiger partial charge is 0.378 e. The number of carbonyl (C=O) groups excluding carboxylic acids is 1. The van der Waals surface area contributed by atoms with Crippen LogP contribution in [0.15, 0.2) is 30.3 Å². The number of benzene rings is 1. The molecule has 2 saturated heterocycles. The molecule has 1 aromatic rings. The molecular weight excluding hydrogens is 268 g/mol. The average Bonchev–Trinajstić information content (AvgIpc) is 2.56. The fraction of sp³-hybridized carbons (Fsp3) is 0.562. The van der Waals surface area contributed by atoms with Crippen LogP contribution < -0.4 is 5.32 Å². The van der Waals surface area contributed by atoms with E-state index >= 15 is 0 Å². The van der Waals surface area contributed by atoms with Crippen molar-refractivity contribution in [1.29, 1.82) is 0 Å². The lowest BCUT2D eigenvalue weighted by Gasteiger charge is -2.42. The van der Waals surface area contributed by atoms with Gasteiger partial charge in [-0.15, -0.1) is 0 Å². The van der Waals surface area contributed by atoms with Crippen molar-refractivity contribution in [3.8, 4) is 0 Å². The first-order valence-corrected chi connectivity index (χ1v) is 7.48. The zero-order valence-electron chi connectivity index (χ0n) is 12.4. The summed E-state index contributed by atoms with van der Waals surface area (Å²) in [5, 5.41) is 3.23. The number of morpholine rings is 2. The molecule has 2 heterocycles. The van der Waals surface area contributed by atoms with Gasteiger partial charge in [-0.2, -0.15) is 0 Å². The third-order valence-electron chi connectivity index (χ3n) is 4.19. The van der Waals surface area contributed by atoms with E-state index in [1.54, 1.807) is 0 Å². The van der Waals surface area contributed by atoms with E-state index in [9.17, 15) is 4.79 Å². The molecule has 1 amide bonds. The topological polar surface area (TPSA) is 50.8 Å². The Hall–Kier alpha value is -1.43. The number of rotatable bonds is 2. The number of carbonyl (C=O) groups is 1. The van der Waals surface area contributed by atoms with Gasteiger partial charge in [0.2, 0.25) is 5.91 Å². The second-order valence-corrected chi connectivity index (χ2v) is 5.79. The predicted molar refractivity (Wildman–Crippen MR) is 78.9 cm³/mol. The van der Waals surface area contributed by atoms with Crippen molar-refractivity contribution in [3.63, 3.8) is 0 Å². The molecule has 0 spiro atoms. The van der Waals surface area contributed by atoms with Gasteiger partial charge in [0.25, 0.3) is 0 Å². The van der Waals surface area contributed by atoms with Crippen LogP contribution in [0.5, 0.6) is 0 Å². The second kappa shape index (κ2) is 6.13. The summed E-state index contributed by atoms with van der Waals surface area (Å²) in [7, 11) is 0. The highest BCUT2D eigenvalue weighted by molar-refractivity contribution is 5.82. The normalized spacial score (nSPS) is 30.1. The van der Waals surface area contributed by atoms with Gasteiger partial charge in [-0.05, 0) is 12.5 Å². The van der Waals surface area contributed by atoms with Gasteiger partial charge in [-0.3, -0.25) is 4.79 Å². The van der Waals surface area contributed by atoms with Crippen molar-refractivity contribution in [2.75, 3.05) is 39.5 Å². The van der Waals surface area contributed by atoms with Crippen LogP contribution in [-0.2, 0) is 19.9 Å². The zero-order chi connectivity index (χ0) is 14.7. The Morgan fingerprint density at radius 2 is 2.14 bits per heavy atom. The van der Waals surface area contributed by atoms with E-state index in [4.69, 9.17) is 9.47 Å². The Morgan fingerprint density at radius 3 is 2.86 bits per heavy atom. The van der Waals surface area contributed by atoms with Gasteiger partial charge in [-0.25, -0.2) is 0 Å². The molecule has 2 fully saturated rings. The van der Waals surface area contributed by atoms with E-state index in [1.807, 2.05) is 30.0 Å². The molecule has 1 N–H and O–H groups in total. The van der Waals surface area contributed by atoms with Gasteiger partial charge in [0.05, 0.1) is 26.4 Å². The van der Waals surface area contributed by atoms with Crippen LogP contribution in [-0.4, -0.2) is 56.3 Å². The maximum atomic E-state index is 12.6. The van der Waals surface area contributed by atoms with Gasteiger partial charge < -0.3 is 19.7 Å². The second-order valence-electron chi connectivity index (χ2n) is 5.79. The zero-order valence-corrected chi connectivity index (χ0v) is 12.4. The number of ether oxygens (including phenoxy) is 2. The van der Waals surface area contributed by atoms with E-state index < -0.39 is 5.60 Å². The first kappa shape index (κ1) is 14.5. The van der Waals surface area contributed by atoms with Crippen molar-refractivity contribution in [1.82, 2.24) is 10.2 Å². The first-order chi connectivity index (χ1) is 10.2. The first-order valence-electron chi connectivity index (χ1n) is 7.48. The molecule has 0 aliphatic carbocycles. The number of nitrogens with one attached hydrogen (secondary N) is 1. The van der Waals surface area contributed by atoms with Crippen molar-refractivity contribution < 1.29 is 14.3 Å². The fourth-order valence-corrected chi connectivity index (χ4v) is 2.97. The number of hydrogen-bond acceptors (Lipinski definition) is 4.